The molecule has 3 heterocycles. The van der Waals surface area contributed by atoms with Crippen LogP contribution in [0.1, 0.15) is 31.2 Å². The molecule has 2 aliphatic rings. The highest BCUT2D eigenvalue weighted by Crippen LogP contribution is 2.21. The molecule has 0 aromatic carbocycles. The quantitative estimate of drug-likeness (QED) is 0.807. The van der Waals surface area contributed by atoms with E-state index in [2.05, 4.69) is 33.8 Å². The lowest BCUT2D eigenvalue weighted by Crippen LogP contribution is -2.44. The summed E-state index contributed by atoms with van der Waals surface area (Å²) in [4.78, 5) is 6.94. The number of likely N-dealkylation sites (tertiary alicyclic amines) is 1. The summed E-state index contributed by atoms with van der Waals surface area (Å²) in [5, 5.41) is 9.07. The molecule has 118 valence electrons. The first-order chi connectivity index (χ1) is 10.3. The van der Waals surface area contributed by atoms with E-state index in [-0.39, 0.29) is 0 Å². The molecule has 2 fully saturated rings. The van der Waals surface area contributed by atoms with Gasteiger partial charge in [-0.25, -0.2) is 0 Å². The molecule has 6 nitrogen and oxygen atoms in total. The zero-order chi connectivity index (χ0) is 14.7. The van der Waals surface area contributed by atoms with Gasteiger partial charge in [-0.15, -0.1) is 0 Å². The minimum Gasteiger partial charge on any atom is -0.379 e. The summed E-state index contributed by atoms with van der Waals surface area (Å²) in [5.74, 6) is 0. The van der Waals surface area contributed by atoms with Crippen LogP contribution in [0.4, 0.5) is 0 Å². The van der Waals surface area contributed by atoms with Crippen molar-refractivity contribution in [2.24, 2.45) is 0 Å². The van der Waals surface area contributed by atoms with Crippen molar-refractivity contribution in [3.05, 3.63) is 11.4 Å². The zero-order valence-electron chi connectivity index (χ0n) is 13.3. The number of aryl methyl sites for hydroxylation is 2. The zero-order valence-corrected chi connectivity index (χ0v) is 13.3. The first-order valence-electron chi connectivity index (χ1n) is 8.21. The Bertz CT molecular complexity index is 455. The predicted molar refractivity (Wildman–Crippen MR) is 81.1 cm³/mol. The van der Waals surface area contributed by atoms with Gasteiger partial charge in [-0.1, -0.05) is 0 Å². The fraction of sp³-hybridized carbons (Fsp3) is 0.867. The van der Waals surface area contributed by atoms with Crippen molar-refractivity contribution in [3.8, 4) is 0 Å². The van der Waals surface area contributed by atoms with Crippen molar-refractivity contribution >= 4 is 0 Å². The van der Waals surface area contributed by atoms with E-state index in [0.29, 0.717) is 6.04 Å². The molecule has 1 aromatic heterocycles. The summed E-state index contributed by atoms with van der Waals surface area (Å²) in [5.41, 5.74) is 2.22. The molecule has 1 aromatic rings. The van der Waals surface area contributed by atoms with Gasteiger partial charge in [0.05, 0.1) is 31.1 Å². The van der Waals surface area contributed by atoms with Crippen LogP contribution < -0.4 is 0 Å². The van der Waals surface area contributed by atoms with Crippen LogP contribution in [-0.2, 0) is 17.8 Å². The first-order valence-corrected chi connectivity index (χ1v) is 8.21. The van der Waals surface area contributed by atoms with Gasteiger partial charge in [-0.05, 0) is 33.2 Å². The van der Waals surface area contributed by atoms with Gasteiger partial charge >= 0.3 is 0 Å². The van der Waals surface area contributed by atoms with Crippen molar-refractivity contribution in [2.75, 3.05) is 39.4 Å². The van der Waals surface area contributed by atoms with E-state index in [1.54, 1.807) is 4.80 Å². The summed E-state index contributed by atoms with van der Waals surface area (Å²) in [7, 11) is 0. The number of hydrogen-bond donors (Lipinski definition) is 0. The molecule has 1 atom stereocenters. The third kappa shape index (κ3) is 3.62. The van der Waals surface area contributed by atoms with Crippen LogP contribution in [0.2, 0.25) is 0 Å². The Morgan fingerprint density at radius 3 is 2.71 bits per heavy atom. The molecule has 0 radical (unpaired) electrons. The summed E-state index contributed by atoms with van der Waals surface area (Å²) < 4.78 is 5.44. The van der Waals surface area contributed by atoms with Crippen LogP contribution in [0.15, 0.2) is 0 Å². The second-order valence-electron chi connectivity index (χ2n) is 6.10. The molecular weight excluding hydrogens is 266 g/mol. The Kier molecular flexibility index (Phi) is 4.87. The lowest BCUT2D eigenvalue weighted by molar-refractivity contribution is 0.0261. The Hall–Kier alpha value is -0.980. The Morgan fingerprint density at radius 1 is 1.19 bits per heavy atom. The molecule has 0 unspecified atom stereocenters. The Balaban J connectivity index is 1.59. The predicted octanol–water partition coefficient (Wildman–Crippen LogP) is 0.903. The van der Waals surface area contributed by atoms with Crippen molar-refractivity contribution in [3.63, 3.8) is 0 Å². The van der Waals surface area contributed by atoms with Crippen molar-refractivity contribution in [2.45, 2.75) is 45.8 Å². The molecule has 3 rings (SSSR count). The molecule has 2 aliphatic heterocycles. The van der Waals surface area contributed by atoms with Gasteiger partial charge in [-0.2, -0.15) is 15.0 Å². The van der Waals surface area contributed by atoms with Crippen molar-refractivity contribution in [1.29, 1.82) is 0 Å². The van der Waals surface area contributed by atoms with E-state index in [4.69, 9.17) is 4.74 Å². The minimum atomic E-state index is 0.661. The standard InChI is InChI=1S/C15H27N5O/c1-3-20-16-13(2)15(17-20)12-19-6-4-5-14(19)11-18-7-9-21-10-8-18/h14H,3-12H2,1-2H3/t14-/m0/s1. The summed E-state index contributed by atoms with van der Waals surface area (Å²) >= 11 is 0. The average molecular weight is 293 g/mol. The van der Waals surface area contributed by atoms with E-state index in [9.17, 15) is 0 Å². The topological polar surface area (TPSA) is 46.4 Å². The van der Waals surface area contributed by atoms with Gasteiger partial charge in [0.25, 0.3) is 0 Å². The fourth-order valence-corrected chi connectivity index (χ4v) is 3.34. The van der Waals surface area contributed by atoms with Gasteiger partial charge in [-0.3, -0.25) is 9.80 Å². The molecule has 0 spiro atoms. The van der Waals surface area contributed by atoms with Gasteiger partial charge in [0.2, 0.25) is 0 Å². The number of ether oxygens (including phenoxy) is 1. The highest BCUT2D eigenvalue weighted by molar-refractivity contribution is 5.07. The largest absolute Gasteiger partial charge is 0.379 e. The van der Waals surface area contributed by atoms with E-state index in [0.717, 1.165) is 50.8 Å². The SMILES string of the molecule is CCn1nc(C)c(CN2CCC[C@H]2CN2CCOCC2)n1. The molecule has 0 bridgehead atoms. The third-order valence-electron chi connectivity index (χ3n) is 4.63. The first kappa shape index (κ1) is 14.9. The summed E-state index contributed by atoms with van der Waals surface area (Å²) in [6.45, 7) is 12.2. The van der Waals surface area contributed by atoms with Crippen LogP contribution in [-0.4, -0.2) is 70.2 Å². The van der Waals surface area contributed by atoms with Gasteiger partial charge in [0.1, 0.15) is 0 Å². The monoisotopic (exact) mass is 293 g/mol. The van der Waals surface area contributed by atoms with Crippen LogP contribution in [0, 0.1) is 6.92 Å². The van der Waals surface area contributed by atoms with Crippen molar-refractivity contribution in [1.82, 2.24) is 24.8 Å². The summed E-state index contributed by atoms with van der Waals surface area (Å²) in [6, 6.07) is 0.661. The van der Waals surface area contributed by atoms with Crippen LogP contribution in [0.25, 0.3) is 0 Å². The lowest BCUT2D eigenvalue weighted by Gasteiger charge is -2.32. The maximum absolute atomic E-state index is 5.44. The Labute approximate surface area is 127 Å². The third-order valence-corrected chi connectivity index (χ3v) is 4.63. The lowest BCUT2D eigenvalue weighted by atomic mass is 10.2. The number of aromatic nitrogens is 3. The number of rotatable bonds is 5. The second kappa shape index (κ2) is 6.85. The molecule has 2 saturated heterocycles. The number of nitrogens with zero attached hydrogens (tertiary/aromatic N) is 5. The normalized spacial score (nSPS) is 24.8. The molecular formula is C15H27N5O. The van der Waals surface area contributed by atoms with Gasteiger partial charge in [0.15, 0.2) is 0 Å². The molecule has 0 saturated carbocycles. The van der Waals surface area contributed by atoms with Crippen LogP contribution >= 0.6 is 0 Å². The maximum atomic E-state index is 5.44. The smallest absolute Gasteiger partial charge is 0.0996 e. The van der Waals surface area contributed by atoms with E-state index in [1.165, 1.54) is 25.9 Å². The van der Waals surface area contributed by atoms with Crippen LogP contribution in [0.3, 0.4) is 0 Å². The highest BCUT2D eigenvalue weighted by atomic mass is 16.5. The van der Waals surface area contributed by atoms with E-state index in [1.807, 2.05) is 0 Å². The number of morpholine rings is 1. The Morgan fingerprint density at radius 2 is 2.00 bits per heavy atom. The molecule has 0 aliphatic carbocycles. The molecule has 6 heteroatoms. The van der Waals surface area contributed by atoms with Crippen molar-refractivity contribution < 1.29 is 4.74 Å². The van der Waals surface area contributed by atoms with E-state index < -0.39 is 0 Å². The molecule has 21 heavy (non-hydrogen) atoms. The second-order valence-corrected chi connectivity index (χ2v) is 6.10. The van der Waals surface area contributed by atoms with Gasteiger partial charge < -0.3 is 4.74 Å². The minimum absolute atomic E-state index is 0.661. The molecule has 0 amide bonds. The summed E-state index contributed by atoms with van der Waals surface area (Å²) in [6.07, 6.45) is 2.61. The van der Waals surface area contributed by atoms with Gasteiger partial charge in [0, 0.05) is 32.2 Å². The number of hydrogen-bond acceptors (Lipinski definition) is 5. The van der Waals surface area contributed by atoms with E-state index >= 15 is 0 Å². The molecule has 0 N–H and O–H groups in total. The fourth-order valence-electron chi connectivity index (χ4n) is 3.34. The highest BCUT2D eigenvalue weighted by Gasteiger charge is 2.28. The van der Waals surface area contributed by atoms with Crippen LogP contribution in [0.5, 0.6) is 0 Å². The average Bonchev–Trinajstić information content (AvgIpc) is 3.08. The maximum Gasteiger partial charge on any atom is 0.0996 e.